The molecule has 1 fully saturated rings. The van der Waals surface area contributed by atoms with Crippen molar-refractivity contribution in [1.29, 1.82) is 0 Å². The predicted octanol–water partition coefficient (Wildman–Crippen LogP) is 4.05. The number of amides is 1. The predicted molar refractivity (Wildman–Crippen MR) is 99.8 cm³/mol. The Balaban J connectivity index is 2.26. The summed E-state index contributed by atoms with van der Waals surface area (Å²) in [5.74, 6) is 2.86. The summed E-state index contributed by atoms with van der Waals surface area (Å²) in [6, 6.07) is 0. The van der Waals surface area contributed by atoms with E-state index in [-0.39, 0.29) is 6.09 Å². The third-order valence-electron chi connectivity index (χ3n) is 5.13. The minimum atomic E-state index is -0.178. The Hall–Kier alpha value is -1.21. The summed E-state index contributed by atoms with van der Waals surface area (Å²) in [5.41, 5.74) is 0. The van der Waals surface area contributed by atoms with Crippen LogP contribution in [0.4, 0.5) is 4.79 Å². The molecule has 0 aromatic heterocycles. The van der Waals surface area contributed by atoms with Gasteiger partial charge in [0, 0.05) is 0 Å². The molecule has 0 radical (unpaired) electrons. The van der Waals surface area contributed by atoms with Crippen LogP contribution >= 0.6 is 0 Å². The number of unbranched alkanes of at least 4 members (excludes halogenated alkanes) is 7. The number of terminal acetylenes is 1. The molecular weight excluding hydrogens is 300 g/mol. The highest BCUT2D eigenvalue weighted by molar-refractivity contribution is 5.67. The first kappa shape index (κ1) is 20.8. The molecule has 4 heteroatoms. The fourth-order valence-electron chi connectivity index (χ4n) is 3.52. The van der Waals surface area contributed by atoms with Gasteiger partial charge in [-0.15, -0.1) is 6.42 Å². The summed E-state index contributed by atoms with van der Waals surface area (Å²) in [6.45, 7) is 9.92. The van der Waals surface area contributed by atoms with Gasteiger partial charge < -0.3 is 9.22 Å². The molecule has 0 aromatic rings. The standard InChI is InChI=1S/C20H37N2O2/c1-4-7-8-9-10-11-12-13-17-22(16-5-2)18-14-21(15-19-22)20(23)24-6-3/h2H,4,6-19H2,1,3H3/q+1. The minimum absolute atomic E-state index is 0.178. The third kappa shape index (κ3) is 7.57. The van der Waals surface area contributed by atoms with Crippen molar-refractivity contribution in [3.05, 3.63) is 0 Å². The molecule has 1 saturated heterocycles. The van der Waals surface area contributed by atoms with E-state index in [9.17, 15) is 4.79 Å². The SMILES string of the molecule is C#CC[N+]1(CCCCCCCCCC)CCN(C(=O)OCC)CC1. The molecular formula is C20H37N2O2+. The number of quaternary nitrogens is 1. The smallest absolute Gasteiger partial charge is 0.410 e. The van der Waals surface area contributed by atoms with Crippen molar-refractivity contribution < 1.29 is 14.0 Å². The van der Waals surface area contributed by atoms with Gasteiger partial charge in [-0.25, -0.2) is 4.79 Å². The Bertz CT molecular complexity index is 382. The molecule has 1 amide bonds. The second-order valence-corrected chi connectivity index (χ2v) is 7.04. The Morgan fingerprint density at radius 3 is 2.17 bits per heavy atom. The van der Waals surface area contributed by atoms with Gasteiger partial charge in [0.1, 0.15) is 6.54 Å². The molecule has 0 N–H and O–H groups in total. The minimum Gasteiger partial charge on any atom is -0.450 e. The van der Waals surface area contributed by atoms with Gasteiger partial charge >= 0.3 is 6.09 Å². The Morgan fingerprint density at radius 2 is 1.62 bits per heavy atom. The van der Waals surface area contributed by atoms with Gasteiger partial charge in [-0.05, 0) is 25.7 Å². The van der Waals surface area contributed by atoms with Crippen LogP contribution in [-0.4, -0.2) is 61.4 Å². The summed E-state index contributed by atoms with van der Waals surface area (Å²) in [7, 11) is 0. The fraction of sp³-hybridized carbons (Fsp3) is 0.850. The Labute approximate surface area is 149 Å². The molecule has 1 aliphatic rings. The monoisotopic (exact) mass is 337 g/mol. The largest absolute Gasteiger partial charge is 0.450 e. The zero-order chi connectivity index (χ0) is 17.7. The number of hydrogen-bond acceptors (Lipinski definition) is 2. The van der Waals surface area contributed by atoms with E-state index < -0.39 is 0 Å². The van der Waals surface area contributed by atoms with Crippen LogP contribution in [0.5, 0.6) is 0 Å². The van der Waals surface area contributed by atoms with Crippen molar-refractivity contribution in [3.8, 4) is 12.3 Å². The molecule has 0 aromatic carbocycles. The van der Waals surface area contributed by atoms with Crippen LogP contribution in [0.25, 0.3) is 0 Å². The summed E-state index contributed by atoms with van der Waals surface area (Å²) in [4.78, 5) is 13.7. The second-order valence-electron chi connectivity index (χ2n) is 7.04. The van der Waals surface area contributed by atoms with Crippen LogP contribution in [0.2, 0.25) is 0 Å². The molecule has 1 rings (SSSR count). The van der Waals surface area contributed by atoms with Crippen LogP contribution in [0.1, 0.15) is 65.2 Å². The van der Waals surface area contributed by atoms with E-state index in [1.807, 2.05) is 11.8 Å². The lowest BCUT2D eigenvalue weighted by molar-refractivity contribution is -0.925. The van der Waals surface area contributed by atoms with E-state index >= 15 is 0 Å². The number of piperazine rings is 1. The fourth-order valence-corrected chi connectivity index (χ4v) is 3.52. The van der Waals surface area contributed by atoms with Crippen molar-refractivity contribution in [2.75, 3.05) is 45.9 Å². The lowest BCUT2D eigenvalue weighted by Crippen LogP contribution is -2.61. The van der Waals surface area contributed by atoms with E-state index in [4.69, 9.17) is 11.2 Å². The molecule has 0 spiro atoms. The second kappa shape index (κ2) is 12.2. The Morgan fingerprint density at radius 1 is 1.04 bits per heavy atom. The maximum atomic E-state index is 11.8. The summed E-state index contributed by atoms with van der Waals surface area (Å²) in [5, 5.41) is 0. The molecule has 0 aliphatic carbocycles. The van der Waals surface area contributed by atoms with Crippen LogP contribution in [0, 0.1) is 12.3 Å². The number of hydrogen-bond donors (Lipinski definition) is 0. The lowest BCUT2D eigenvalue weighted by Gasteiger charge is -2.43. The van der Waals surface area contributed by atoms with Crippen molar-refractivity contribution in [3.63, 3.8) is 0 Å². The number of nitrogens with zero attached hydrogens (tertiary/aromatic N) is 2. The van der Waals surface area contributed by atoms with E-state index in [1.165, 1.54) is 51.4 Å². The van der Waals surface area contributed by atoms with Gasteiger partial charge in [-0.2, -0.15) is 0 Å². The number of carbonyl (C=O) groups excluding carboxylic acids is 1. The molecule has 1 heterocycles. The van der Waals surface area contributed by atoms with Gasteiger partial charge in [0.25, 0.3) is 0 Å². The third-order valence-corrected chi connectivity index (χ3v) is 5.13. The zero-order valence-corrected chi connectivity index (χ0v) is 15.9. The molecule has 0 unspecified atom stereocenters. The summed E-state index contributed by atoms with van der Waals surface area (Å²) >= 11 is 0. The van der Waals surface area contributed by atoms with Crippen molar-refractivity contribution >= 4 is 6.09 Å². The molecule has 0 saturated carbocycles. The van der Waals surface area contributed by atoms with Crippen LogP contribution in [-0.2, 0) is 4.74 Å². The first-order valence-electron chi connectivity index (χ1n) is 9.87. The first-order chi connectivity index (χ1) is 11.7. The van der Waals surface area contributed by atoms with Gasteiger partial charge in [-0.3, -0.25) is 4.90 Å². The average molecular weight is 338 g/mol. The van der Waals surface area contributed by atoms with E-state index in [1.54, 1.807) is 0 Å². The van der Waals surface area contributed by atoms with Crippen LogP contribution < -0.4 is 0 Å². The summed E-state index contributed by atoms with van der Waals surface area (Å²) < 4.78 is 6.08. The first-order valence-corrected chi connectivity index (χ1v) is 9.87. The highest BCUT2D eigenvalue weighted by atomic mass is 16.6. The van der Waals surface area contributed by atoms with Crippen molar-refractivity contribution in [1.82, 2.24) is 4.90 Å². The maximum Gasteiger partial charge on any atom is 0.410 e. The maximum absolute atomic E-state index is 11.8. The lowest BCUT2D eigenvalue weighted by atomic mass is 10.1. The number of ether oxygens (including phenoxy) is 1. The molecule has 138 valence electrons. The zero-order valence-electron chi connectivity index (χ0n) is 15.9. The van der Waals surface area contributed by atoms with Gasteiger partial charge in [0.2, 0.25) is 0 Å². The van der Waals surface area contributed by atoms with Crippen molar-refractivity contribution in [2.24, 2.45) is 0 Å². The molecule has 24 heavy (non-hydrogen) atoms. The number of rotatable bonds is 11. The van der Waals surface area contributed by atoms with Gasteiger partial charge in [0.15, 0.2) is 0 Å². The molecule has 4 nitrogen and oxygen atoms in total. The molecule has 1 aliphatic heterocycles. The molecule has 0 atom stereocenters. The van der Waals surface area contributed by atoms with E-state index in [0.717, 1.165) is 43.8 Å². The van der Waals surface area contributed by atoms with E-state index in [0.29, 0.717) is 6.61 Å². The summed E-state index contributed by atoms with van der Waals surface area (Å²) in [6.07, 6.45) is 16.2. The van der Waals surface area contributed by atoms with Gasteiger partial charge in [0.05, 0.1) is 39.3 Å². The topological polar surface area (TPSA) is 29.5 Å². The molecule has 0 bridgehead atoms. The van der Waals surface area contributed by atoms with Crippen LogP contribution in [0.15, 0.2) is 0 Å². The van der Waals surface area contributed by atoms with E-state index in [2.05, 4.69) is 12.8 Å². The van der Waals surface area contributed by atoms with Crippen molar-refractivity contribution in [2.45, 2.75) is 65.2 Å². The Kier molecular flexibility index (Phi) is 10.6. The van der Waals surface area contributed by atoms with Crippen LogP contribution in [0.3, 0.4) is 0 Å². The number of carbonyl (C=O) groups is 1. The van der Waals surface area contributed by atoms with Gasteiger partial charge in [-0.1, -0.05) is 45.4 Å². The normalized spacial score (nSPS) is 16.6. The highest BCUT2D eigenvalue weighted by Crippen LogP contribution is 2.17. The highest BCUT2D eigenvalue weighted by Gasteiger charge is 2.33. The quantitative estimate of drug-likeness (QED) is 0.323. The average Bonchev–Trinajstić information content (AvgIpc) is 2.58.